The Bertz CT molecular complexity index is 1650. The lowest BCUT2D eigenvalue weighted by molar-refractivity contribution is -0.138. The number of nitrogens with zero attached hydrogens (tertiary/aromatic N) is 2. The Balaban J connectivity index is 1.89. The number of benzene rings is 2. The zero-order valence-corrected chi connectivity index (χ0v) is 21.3. The number of carbonyl (C=O) groups excluding carboxylic acids is 1. The van der Waals surface area contributed by atoms with E-state index >= 15 is 0 Å². The van der Waals surface area contributed by atoms with Gasteiger partial charge in [0.25, 0.3) is 5.56 Å². The van der Waals surface area contributed by atoms with Crippen molar-refractivity contribution in [3.05, 3.63) is 109 Å². The van der Waals surface area contributed by atoms with Crippen molar-refractivity contribution in [2.24, 2.45) is 4.99 Å². The van der Waals surface area contributed by atoms with Crippen LogP contribution in [0.3, 0.4) is 0 Å². The fourth-order valence-electron chi connectivity index (χ4n) is 4.29. The Morgan fingerprint density at radius 2 is 1.92 bits per heavy atom. The van der Waals surface area contributed by atoms with E-state index in [1.807, 2.05) is 30.3 Å². The molecule has 188 valence electrons. The summed E-state index contributed by atoms with van der Waals surface area (Å²) in [4.78, 5) is 32.7. The van der Waals surface area contributed by atoms with Crippen LogP contribution in [0.5, 0.6) is 11.5 Å². The van der Waals surface area contributed by atoms with Crippen molar-refractivity contribution in [3.8, 4) is 11.5 Å². The van der Waals surface area contributed by atoms with Crippen LogP contribution >= 0.6 is 11.3 Å². The van der Waals surface area contributed by atoms with E-state index < -0.39 is 12.0 Å². The van der Waals surface area contributed by atoms with E-state index in [2.05, 4.69) is 0 Å². The van der Waals surface area contributed by atoms with Gasteiger partial charge in [0.15, 0.2) is 4.80 Å². The monoisotopic (exact) mass is 516 g/mol. The first-order chi connectivity index (χ1) is 18.0. The van der Waals surface area contributed by atoms with Crippen molar-refractivity contribution in [2.75, 3.05) is 20.8 Å². The maximum absolute atomic E-state index is 13.8. The molecule has 1 aliphatic rings. The van der Waals surface area contributed by atoms with E-state index in [9.17, 15) is 9.59 Å². The second kappa shape index (κ2) is 10.3. The molecular weight excluding hydrogens is 492 g/mol. The van der Waals surface area contributed by atoms with Gasteiger partial charge in [0.05, 0.1) is 42.9 Å². The topological polar surface area (TPSA) is 92.3 Å². The van der Waals surface area contributed by atoms with Gasteiger partial charge in [-0.05, 0) is 37.3 Å². The van der Waals surface area contributed by atoms with Gasteiger partial charge < -0.3 is 18.6 Å². The molecule has 2 aromatic carbocycles. The molecule has 37 heavy (non-hydrogen) atoms. The van der Waals surface area contributed by atoms with Crippen LogP contribution in [-0.2, 0) is 9.53 Å². The van der Waals surface area contributed by atoms with Crippen molar-refractivity contribution in [3.63, 3.8) is 0 Å². The first-order valence-electron chi connectivity index (χ1n) is 11.6. The third-order valence-corrected chi connectivity index (χ3v) is 6.90. The predicted molar refractivity (Wildman–Crippen MR) is 139 cm³/mol. The van der Waals surface area contributed by atoms with Crippen LogP contribution in [0.4, 0.5) is 0 Å². The molecule has 3 heterocycles. The molecule has 8 nitrogen and oxygen atoms in total. The summed E-state index contributed by atoms with van der Waals surface area (Å²) in [5, 5.41) is 0. The smallest absolute Gasteiger partial charge is 0.338 e. The minimum atomic E-state index is -0.880. The number of furan rings is 1. The molecule has 0 saturated carbocycles. The van der Waals surface area contributed by atoms with Gasteiger partial charge in [-0.2, -0.15) is 0 Å². The molecule has 0 radical (unpaired) electrons. The van der Waals surface area contributed by atoms with Crippen LogP contribution in [0.1, 0.15) is 29.9 Å². The van der Waals surface area contributed by atoms with Crippen molar-refractivity contribution < 1.29 is 23.4 Å². The van der Waals surface area contributed by atoms with E-state index in [4.69, 9.17) is 23.6 Å². The van der Waals surface area contributed by atoms with Gasteiger partial charge in [-0.3, -0.25) is 9.36 Å². The lowest BCUT2D eigenvalue weighted by atomic mass is 9.92. The first kappa shape index (κ1) is 24.3. The molecule has 0 bridgehead atoms. The Morgan fingerprint density at radius 1 is 1.11 bits per heavy atom. The highest BCUT2D eigenvalue weighted by atomic mass is 32.1. The Hall–Kier alpha value is -4.37. The molecule has 0 N–H and O–H groups in total. The highest BCUT2D eigenvalue weighted by Gasteiger charge is 2.37. The number of rotatable bonds is 7. The molecular formula is C28H24N2O6S. The lowest BCUT2D eigenvalue weighted by Crippen LogP contribution is -2.40. The predicted octanol–water partition coefficient (Wildman–Crippen LogP) is 3.55. The minimum Gasteiger partial charge on any atom is -0.497 e. The summed E-state index contributed by atoms with van der Waals surface area (Å²) < 4.78 is 24.0. The van der Waals surface area contributed by atoms with Gasteiger partial charge >= 0.3 is 5.97 Å². The number of ether oxygens (including phenoxy) is 3. The van der Waals surface area contributed by atoms with Gasteiger partial charge in [0.1, 0.15) is 23.3 Å². The number of fused-ring (bicyclic) bond motifs is 1. The third kappa shape index (κ3) is 4.49. The Kier molecular flexibility index (Phi) is 6.78. The summed E-state index contributed by atoms with van der Waals surface area (Å²) in [6, 6.07) is 17.3. The lowest BCUT2D eigenvalue weighted by Gasteiger charge is -2.27. The number of carbonyl (C=O) groups is 1. The third-order valence-electron chi connectivity index (χ3n) is 5.92. The average Bonchev–Trinajstić information content (AvgIpc) is 3.55. The highest BCUT2D eigenvalue weighted by Crippen LogP contribution is 2.40. The summed E-state index contributed by atoms with van der Waals surface area (Å²) in [5.74, 6) is 1.01. The van der Waals surface area contributed by atoms with Crippen LogP contribution in [0.15, 0.2) is 86.7 Å². The van der Waals surface area contributed by atoms with E-state index in [1.54, 1.807) is 56.7 Å². The molecule has 1 aliphatic heterocycles. The van der Waals surface area contributed by atoms with Gasteiger partial charge in [0, 0.05) is 17.2 Å². The molecule has 0 fully saturated rings. The number of hydrogen-bond acceptors (Lipinski definition) is 8. The van der Waals surface area contributed by atoms with Crippen LogP contribution < -0.4 is 24.4 Å². The summed E-state index contributed by atoms with van der Waals surface area (Å²) in [7, 11) is 3.09. The molecule has 4 aromatic rings. The van der Waals surface area contributed by atoms with Gasteiger partial charge in [-0.1, -0.05) is 41.7 Å². The van der Waals surface area contributed by atoms with Crippen molar-refractivity contribution in [1.82, 2.24) is 4.57 Å². The van der Waals surface area contributed by atoms with Gasteiger partial charge in [0.2, 0.25) is 0 Å². The zero-order chi connectivity index (χ0) is 25.9. The fourth-order valence-corrected chi connectivity index (χ4v) is 5.27. The SMILES string of the molecule is CCOC(=O)C1=C(c2ccccc2)N=c2s/c(=C\c3ccco3)c(=O)n2C1c1cc(OC)ccc1OC. The average molecular weight is 517 g/mol. The van der Waals surface area contributed by atoms with Crippen molar-refractivity contribution in [2.45, 2.75) is 13.0 Å². The maximum Gasteiger partial charge on any atom is 0.338 e. The van der Waals surface area contributed by atoms with Crippen molar-refractivity contribution >= 4 is 29.1 Å². The Morgan fingerprint density at radius 3 is 2.59 bits per heavy atom. The van der Waals surface area contributed by atoms with Crippen molar-refractivity contribution in [1.29, 1.82) is 0 Å². The zero-order valence-electron chi connectivity index (χ0n) is 20.5. The first-order valence-corrected chi connectivity index (χ1v) is 12.4. The molecule has 9 heteroatoms. The Labute approximate surface area is 216 Å². The fraction of sp³-hybridized carbons (Fsp3) is 0.179. The van der Waals surface area contributed by atoms with E-state index in [1.165, 1.54) is 23.0 Å². The summed E-state index contributed by atoms with van der Waals surface area (Å²) in [5.41, 5.74) is 1.64. The largest absolute Gasteiger partial charge is 0.497 e. The molecule has 0 aliphatic carbocycles. The number of hydrogen-bond donors (Lipinski definition) is 0. The number of thiazole rings is 1. The quantitative estimate of drug-likeness (QED) is 0.349. The van der Waals surface area contributed by atoms with Crippen LogP contribution in [0.2, 0.25) is 0 Å². The molecule has 0 amide bonds. The van der Waals surface area contributed by atoms with Gasteiger partial charge in [-0.15, -0.1) is 0 Å². The molecule has 5 rings (SSSR count). The highest BCUT2D eigenvalue weighted by molar-refractivity contribution is 7.07. The summed E-state index contributed by atoms with van der Waals surface area (Å²) >= 11 is 1.22. The molecule has 0 spiro atoms. The van der Waals surface area contributed by atoms with Crippen LogP contribution in [0.25, 0.3) is 11.8 Å². The van der Waals surface area contributed by atoms with Crippen LogP contribution in [-0.4, -0.2) is 31.4 Å². The van der Waals surface area contributed by atoms with Gasteiger partial charge in [-0.25, -0.2) is 9.79 Å². The second-order valence-electron chi connectivity index (χ2n) is 8.05. The molecule has 1 atom stereocenters. The number of aromatic nitrogens is 1. The molecule has 0 saturated heterocycles. The summed E-state index contributed by atoms with van der Waals surface area (Å²) in [6.45, 7) is 1.90. The second-order valence-corrected chi connectivity index (χ2v) is 9.06. The number of esters is 1. The maximum atomic E-state index is 13.8. The normalized spacial score (nSPS) is 15.2. The standard InChI is InChI=1S/C28H24N2O6S/c1-4-35-27(32)23-24(17-9-6-5-7-10-17)29-28-30(26(31)22(37-28)16-19-11-8-14-36-19)25(23)20-15-18(33-2)12-13-21(20)34-3/h5-16,25H,4H2,1-3H3/b22-16-. The van der Waals surface area contributed by atoms with Crippen LogP contribution in [0, 0.1) is 0 Å². The summed E-state index contributed by atoms with van der Waals surface area (Å²) in [6.07, 6.45) is 3.21. The molecule has 2 aromatic heterocycles. The van der Waals surface area contributed by atoms with E-state index in [0.717, 1.165) is 5.56 Å². The minimum absolute atomic E-state index is 0.162. The van der Waals surface area contributed by atoms with E-state index in [-0.39, 0.29) is 17.7 Å². The van der Waals surface area contributed by atoms with E-state index in [0.29, 0.717) is 37.9 Å². The molecule has 1 unspecified atom stereocenters. The number of methoxy groups -OCH3 is 2.